The Bertz CT molecular complexity index is 1440. The van der Waals surface area contributed by atoms with Crippen LogP contribution in [-0.4, -0.2) is 81.1 Å². The van der Waals surface area contributed by atoms with Gasteiger partial charge >= 0.3 is 0 Å². The van der Waals surface area contributed by atoms with Crippen molar-refractivity contribution in [3.8, 4) is 11.8 Å². The number of halogens is 3. The number of aromatic amines is 1. The molecule has 0 unspecified atom stereocenters. The number of rotatable bonds is 3. The van der Waals surface area contributed by atoms with E-state index in [-0.39, 0.29) is 35.0 Å². The number of aromatic nitrogens is 5. The van der Waals surface area contributed by atoms with Crippen molar-refractivity contribution in [1.29, 1.82) is 0 Å². The van der Waals surface area contributed by atoms with E-state index in [2.05, 4.69) is 36.9 Å². The molecular weight excluding hydrogens is 518 g/mol. The molecular formula is C25H27ClF2N8O2. The largest absolute Gasteiger partial charge is 0.390 e. The molecule has 3 aromatic heterocycles. The first-order chi connectivity index (χ1) is 18.2. The molecule has 13 heteroatoms. The van der Waals surface area contributed by atoms with E-state index in [9.17, 15) is 13.9 Å². The molecule has 3 aliphatic heterocycles. The summed E-state index contributed by atoms with van der Waals surface area (Å²) in [5.41, 5.74) is 8.48. The summed E-state index contributed by atoms with van der Waals surface area (Å²) in [5.74, 6) is 4.01. The smallest absolute Gasteiger partial charge is 0.282 e. The third-order valence-corrected chi connectivity index (χ3v) is 8.20. The van der Waals surface area contributed by atoms with E-state index in [0.717, 1.165) is 25.9 Å². The van der Waals surface area contributed by atoms with Gasteiger partial charge in [-0.25, -0.2) is 23.7 Å². The third kappa shape index (κ3) is 4.23. The molecule has 3 aromatic rings. The van der Waals surface area contributed by atoms with Crippen molar-refractivity contribution in [3.05, 3.63) is 34.2 Å². The first-order valence-electron chi connectivity index (χ1n) is 12.5. The van der Waals surface area contributed by atoms with Crippen LogP contribution in [0.1, 0.15) is 36.7 Å². The van der Waals surface area contributed by atoms with Gasteiger partial charge in [-0.1, -0.05) is 17.5 Å². The van der Waals surface area contributed by atoms with Gasteiger partial charge in [0.05, 0.1) is 37.4 Å². The van der Waals surface area contributed by atoms with Crippen LogP contribution in [0.3, 0.4) is 0 Å². The topological polar surface area (TPSA) is 129 Å². The molecule has 0 aliphatic carbocycles. The van der Waals surface area contributed by atoms with Crippen LogP contribution in [-0.2, 0) is 11.3 Å². The number of piperidine rings is 1. The average molecular weight is 545 g/mol. The molecule has 3 saturated heterocycles. The third-order valence-electron chi connectivity index (χ3n) is 7.83. The van der Waals surface area contributed by atoms with Gasteiger partial charge in [-0.3, -0.25) is 5.10 Å². The second-order valence-corrected chi connectivity index (χ2v) is 10.6. The minimum Gasteiger partial charge on any atom is -0.390 e. The molecule has 3 fully saturated rings. The number of aliphatic hydroxyl groups is 1. The number of hydrogen-bond donors (Lipinski definition) is 3. The standard InChI is InChI=1S/C25H27ClF2N8O2/c1-14-20(29)24(13-38-14)5-8-35(9-6-24)22-17(10-37)31-19-16(33-34-21(19)32-22)3-2-15-4-7-30-23(18(15)26)36-11-25(27,28)12-36/h4,7,14,20,37H,5-6,8-13,29H2,1H3,(H,32,33,34)/t14-,20+/m0/s1. The number of hydrogen-bond acceptors (Lipinski definition) is 9. The molecule has 0 aromatic carbocycles. The maximum absolute atomic E-state index is 13.3. The van der Waals surface area contributed by atoms with Gasteiger partial charge in [0.15, 0.2) is 17.2 Å². The molecule has 0 saturated carbocycles. The number of nitrogens with zero attached hydrogens (tertiary/aromatic N) is 6. The molecule has 200 valence electrons. The summed E-state index contributed by atoms with van der Waals surface area (Å²) in [5, 5.41) is 17.4. The maximum atomic E-state index is 13.3. The van der Waals surface area contributed by atoms with Gasteiger partial charge < -0.3 is 25.4 Å². The number of nitrogens with two attached hydrogens (primary N) is 1. The molecule has 10 nitrogen and oxygen atoms in total. The molecule has 0 amide bonds. The van der Waals surface area contributed by atoms with Gasteiger partial charge in [-0.15, -0.1) is 0 Å². The van der Waals surface area contributed by atoms with E-state index in [4.69, 9.17) is 27.1 Å². The van der Waals surface area contributed by atoms with Crippen LogP contribution in [0, 0.1) is 17.3 Å². The predicted octanol–water partition coefficient (Wildman–Crippen LogP) is 2.08. The average Bonchev–Trinajstić information content (AvgIpc) is 3.42. The highest BCUT2D eigenvalue weighted by Crippen LogP contribution is 2.42. The van der Waals surface area contributed by atoms with Crippen LogP contribution in [0.4, 0.5) is 20.4 Å². The fraction of sp³-hybridized carbons (Fsp3) is 0.520. The van der Waals surface area contributed by atoms with E-state index < -0.39 is 19.0 Å². The summed E-state index contributed by atoms with van der Waals surface area (Å²) in [4.78, 5) is 17.0. The number of pyridine rings is 1. The van der Waals surface area contributed by atoms with Crippen molar-refractivity contribution < 1.29 is 18.6 Å². The zero-order chi connectivity index (χ0) is 26.7. The van der Waals surface area contributed by atoms with Crippen LogP contribution in [0.2, 0.25) is 5.02 Å². The number of alkyl halides is 2. The van der Waals surface area contributed by atoms with Gasteiger partial charge in [0.25, 0.3) is 5.92 Å². The van der Waals surface area contributed by atoms with Crippen molar-refractivity contribution in [1.82, 2.24) is 25.1 Å². The van der Waals surface area contributed by atoms with E-state index in [1.165, 1.54) is 11.1 Å². The number of ether oxygens (including phenoxy) is 1. The van der Waals surface area contributed by atoms with Crippen LogP contribution in [0.15, 0.2) is 12.3 Å². The summed E-state index contributed by atoms with van der Waals surface area (Å²) in [6.45, 7) is 2.98. The minimum atomic E-state index is -2.74. The number of fused-ring (bicyclic) bond motifs is 1. The molecule has 6 heterocycles. The monoisotopic (exact) mass is 544 g/mol. The fourth-order valence-corrected chi connectivity index (χ4v) is 5.77. The summed E-state index contributed by atoms with van der Waals surface area (Å²) in [6, 6.07) is 1.61. The second-order valence-electron chi connectivity index (χ2n) is 10.3. The first kappa shape index (κ1) is 25.2. The van der Waals surface area contributed by atoms with E-state index >= 15 is 0 Å². The highest BCUT2D eigenvalue weighted by Gasteiger charge is 2.48. The Hall–Kier alpha value is -3.11. The second kappa shape index (κ2) is 9.27. The van der Waals surface area contributed by atoms with Gasteiger partial charge in [-0.2, -0.15) is 5.10 Å². The van der Waals surface area contributed by atoms with Crippen molar-refractivity contribution in [2.45, 2.75) is 44.4 Å². The quantitative estimate of drug-likeness (QED) is 0.424. The van der Waals surface area contributed by atoms with Gasteiger partial charge in [-0.05, 0) is 31.8 Å². The number of H-pyrrole nitrogens is 1. The Morgan fingerprint density at radius 2 is 1.97 bits per heavy atom. The van der Waals surface area contributed by atoms with Gasteiger partial charge in [0, 0.05) is 36.3 Å². The van der Waals surface area contributed by atoms with Crippen LogP contribution in [0.25, 0.3) is 11.2 Å². The summed E-state index contributed by atoms with van der Waals surface area (Å²) in [6.07, 6.45) is 3.26. The predicted molar refractivity (Wildman–Crippen MR) is 137 cm³/mol. The van der Waals surface area contributed by atoms with E-state index in [0.29, 0.717) is 40.5 Å². The van der Waals surface area contributed by atoms with Crippen LogP contribution < -0.4 is 15.5 Å². The maximum Gasteiger partial charge on any atom is 0.282 e. The lowest BCUT2D eigenvalue weighted by molar-refractivity contribution is -0.0266. The minimum absolute atomic E-state index is 0.00101. The van der Waals surface area contributed by atoms with Crippen LogP contribution >= 0.6 is 11.6 Å². The summed E-state index contributed by atoms with van der Waals surface area (Å²) < 4.78 is 32.4. The Morgan fingerprint density at radius 3 is 2.63 bits per heavy atom. The molecule has 1 spiro atoms. The van der Waals surface area contributed by atoms with Gasteiger partial charge in [0.2, 0.25) is 0 Å². The normalized spacial score (nSPS) is 23.9. The molecule has 38 heavy (non-hydrogen) atoms. The number of aliphatic hydroxyl groups excluding tert-OH is 1. The Balaban J connectivity index is 1.24. The summed E-state index contributed by atoms with van der Waals surface area (Å²) >= 11 is 6.42. The van der Waals surface area contributed by atoms with Crippen molar-refractivity contribution in [3.63, 3.8) is 0 Å². The van der Waals surface area contributed by atoms with Crippen molar-refractivity contribution in [2.24, 2.45) is 11.1 Å². The lowest BCUT2D eigenvalue weighted by Crippen LogP contribution is -2.56. The lowest BCUT2D eigenvalue weighted by atomic mass is 9.73. The molecule has 0 bridgehead atoms. The molecule has 0 radical (unpaired) electrons. The number of nitrogens with one attached hydrogen (secondary N) is 1. The lowest BCUT2D eigenvalue weighted by Gasteiger charge is -2.41. The Kier molecular flexibility index (Phi) is 6.14. The molecule has 4 N–H and O–H groups in total. The molecule has 2 atom stereocenters. The first-order valence-corrected chi connectivity index (χ1v) is 12.8. The van der Waals surface area contributed by atoms with Crippen molar-refractivity contribution in [2.75, 3.05) is 42.6 Å². The Labute approximate surface area is 222 Å². The number of anilines is 2. The van der Waals surface area contributed by atoms with Crippen LogP contribution in [0.5, 0.6) is 0 Å². The van der Waals surface area contributed by atoms with E-state index in [1.807, 2.05) is 6.92 Å². The fourth-order valence-electron chi connectivity index (χ4n) is 5.49. The zero-order valence-corrected chi connectivity index (χ0v) is 21.5. The molecule has 6 rings (SSSR count). The SMILES string of the molecule is C[C@@H]1OCC2(CCN(c3nc4[nH]nc(C#Cc5ccnc(N6CC(F)(F)C6)c5Cl)c4nc3CO)CC2)[C@@H]1N. The summed E-state index contributed by atoms with van der Waals surface area (Å²) in [7, 11) is 0. The van der Waals surface area contributed by atoms with Gasteiger partial charge in [0.1, 0.15) is 17.0 Å². The highest BCUT2D eigenvalue weighted by molar-refractivity contribution is 6.34. The van der Waals surface area contributed by atoms with Crippen molar-refractivity contribution >= 4 is 34.4 Å². The Morgan fingerprint density at radius 1 is 1.21 bits per heavy atom. The highest BCUT2D eigenvalue weighted by atomic mass is 35.5. The zero-order valence-electron chi connectivity index (χ0n) is 20.7. The van der Waals surface area contributed by atoms with E-state index in [1.54, 1.807) is 6.07 Å². The molecule has 3 aliphatic rings.